The van der Waals surface area contributed by atoms with Crippen molar-refractivity contribution in [2.45, 2.75) is 13.0 Å². The highest BCUT2D eigenvalue weighted by atomic mass is 79.9. The van der Waals surface area contributed by atoms with Crippen LogP contribution in [-0.2, 0) is 0 Å². The molecule has 0 saturated carbocycles. The van der Waals surface area contributed by atoms with E-state index in [9.17, 15) is 4.39 Å². The summed E-state index contributed by atoms with van der Waals surface area (Å²) in [5.74, 6) is 5.32. The lowest BCUT2D eigenvalue weighted by atomic mass is 9.95. The zero-order chi connectivity index (χ0) is 13.1. The van der Waals surface area contributed by atoms with Gasteiger partial charge in [-0.3, -0.25) is 5.84 Å². The van der Waals surface area contributed by atoms with E-state index in [0.29, 0.717) is 4.47 Å². The summed E-state index contributed by atoms with van der Waals surface area (Å²) in [4.78, 5) is 0. The predicted octanol–water partition coefficient (Wildman–Crippen LogP) is 3.45. The van der Waals surface area contributed by atoms with Gasteiger partial charge in [0.05, 0.1) is 10.5 Å². The van der Waals surface area contributed by atoms with Crippen molar-refractivity contribution in [3.63, 3.8) is 0 Å². The van der Waals surface area contributed by atoms with Gasteiger partial charge in [0.15, 0.2) is 0 Å². The lowest BCUT2D eigenvalue weighted by Crippen LogP contribution is -2.29. The molecule has 0 bridgehead atoms. The van der Waals surface area contributed by atoms with Crippen molar-refractivity contribution in [2.75, 3.05) is 0 Å². The molecule has 0 spiro atoms. The van der Waals surface area contributed by atoms with Gasteiger partial charge in [-0.05, 0) is 51.7 Å². The van der Waals surface area contributed by atoms with Gasteiger partial charge in [0.25, 0.3) is 0 Å². The Balaban J connectivity index is 2.45. The van der Waals surface area contributed by atoms with Gasteiger partial charge in [0.1, 0.15) is 5.82 Å². The van der Waals surface area contributed by atoms with Crippen LogP contribution < -0.4 is 11.3 Å². The van der Waals surface area contributed by atoms with E-state index in [4.69, 9.17) is 5.84 Å². The molecule has 2 nitrogen and oxygen atoms in total. The van der Waals surface area contributed by atoms with Crippen molar-refractivity contribution in [2.24, 2.45) is 5.84 Å². The first-order chi connectivity index (χ1) is 8.63. The van der Waals surface area contributed by atoms with Gasteiger partial charge in [-0.1, -0.05) is 30.3 Å². The zero-order valence-corrected chi connectivity index (χ0v) is 11.5. The maximum atomic E-state index is 13.6. The molecule has 0 aliphatic carbocycles. The average molecular weight is 309 g/mol. The number of benzene rings is 2. The van der Waals surface area contributed by atoms with E-state index in [1.807, 2.05) is 37.3 Å². The number of hydrogen-bond acceptors (Lipinski definition) is 2. The third kappa shape index (κ3) is 2.61. The third-order valence-electron chi connectivity index (χ3n) is 2.94. The molecular weight excluding hydrogens is 295 g/mol. The molecule has 94 valence electrons. The van der Waals surface area contributed by atoms with Gasteiger partial charge >= 0.3 is 0 Å². The number of aryl methyl sites for hydroxylation is 1. The molecule has 0 saturated heterocycles. The van der Waals surface area contributed by atoms with E-state index < -0.39 is 0 Å². The number of nitrogens with one attached hydrogen (secondary N) is 1. The minimum Gasteiger partial charge on any atom is -0.271 e. The first-order valence-electron chi connectivity index (χ1n) is 5.60. The summed E-state index contributed by atoms with van der Waals surface area (Å²) in [6.45, 7) is 2.01. The number of hydrazine groups is 1. The quantitative estimate of drug-likeness (QED) is 0.673. The second kappa shape index (κ2) is 5.61. The normalized spacial score (nSPS) is 12.4. The molecule has 1 unspecified atom stereocenters. The number of nitrogens with two attached hydrogens (primary N) is 1. The fourth-order valence-electron chi connectivity index (χ4n) is 1.97. The maximum Gasteiger partial charge on any atom is 0.137 e. The Morgan fingerprint density at radius 3 is 2.56 bits per heavy atom. The summed E-state index contributed by atoms with van der Waals surface area (Å²) >= 11 is 3.14. The van der Waals surface area contributed by atoms with Crippen LogP contribution in [0.4, 0.5) is 4.39 Å². The Hall–Kier alpha value is -1.23. The van der Waals surface area contributed by atoms with E-state index in [-0.39, 0.29) is 11.9 Å². The topological polar surface area (TPSA) is 38.0 Å². The van der Waals surface area contributed by atoms with Gasteiger partial charge in [0.2, 0.25) is 0 Å². The van der Waals surface area contributed by atoms with Crippen molar-refractivity contribution < 1.29 is 4.39 Å². The molecule has 2 rings (SSSR count). The van der Waals surface area contributed by atoms with Gasteiger partial charge in [-0.25, -0.2) is 9.82 Å². The van der Waals surface area contributed by atoms with Gasteiger partial charge in [-0.15, -0.1) is 0 Å². The molecular formula is C14H14BrFN2. The van der Waals surface area contributed by atoms with Crippen molar-refractivity contribution >= 4 is 15.9 Å². The molecule has 0 heterocycles. The van der Waals surface area contributed by atoms with Crippen molar-refractivity contribution in [1.82, 2.24) is 5.43 Å². The van der Waals surface area contributed by atoms with Crippen molar-refractivity contribution in [1.29, 1.82) is 0 Å². The average Bonchev–Trinajstić information content (AvgIpc) is 2.37. The number of rotatable bonds is 3. The zero-order valence-electron chi connectivity index (χ0n) is 9.95. The SMILES string of the molecule is Cc1ccccc1C(NN)c1ccc(Br)c(F)c1. The van der Waals surface area contributed by atoms with Crippen LogP contribution in [0, 0.1) is 12.7 Å². The molecule has 0 fully saturated rings. The molecule has 0 radical (unpaired) electrons. The van der Waals surface area contributed by atoms with Crippen LogP contribution >= 0.6 is 15.9 Å². The highest BCUT2D eigenvalue weighted by molar-refractivity contribution is 9.10. The maximum absolute atomic E-state index is 13.6. The third-order valence-corrected chi connectivity index (χ3v) is 3.59. The summed E-state index contributed by atoms with van der Waals surface area (Å²) in [7, 11) is 0. The molecule has 0 aromatic heterocycles. The Bertz CT molecular complexity index is 557. The minimum atomic E-state index is -0.290. The number of hydrogen-bond donors (Lipinski definition) is 2. The highest BCUT2D eigenvalue weighted by Gasteiger charge is 2.15. The van der Waals surface area contributed by atoms with Crippen LogP contribution in [0.3, 0.4) is 0 Å². The Kier molecular flexibility index (Phi) is 4.11. The van der Waals surface area contributed by atoms with Crippen LogP contribution in [0.2, 0.25) is 0 Å². The molecule has 0 aliphatic rings. The predicted molar refractivity (Wildman–Crippen MR) is 74.4 cm³/mol. The van der Waals surface area contributed by atoms with Crippen LogP contribution in [-0.4, -0.2) is 0 Å². The van der Waals surface area contributed by atoms with Gasteiger partial charge < -0.3 is 0 Å². The lowest BCUT2D eigenvalue weighted by Gasteiger charge is -2.19. The van der Waals surface area contributed by atoms with Gasteiger partial charge in [0, 0.05) is 0 Å². The summed E-state index contributed by atoms with van der Waals surface area (Å²) in [5, 5.41) is 0. The van der Waals surface area contributed by atoms with Crippen molar-refractivity contribution in [3.05, 3.63) is 69.4 Å². The van der Waals surface area contributed by atoms with Crippen LogP contribution in [0.5, 0.6) is 0 Å². The Morgan fingerprint density at radius 2 is 1.94 bits per heavy atom. The van der Waals surface area contributed by atoms with E-state index in [0.717, 1.165) is 16.7 Å². The summed E-state index contributed by atoms with van der Waals surface area (Å²) in [5.41, 5.74) is 5.70. The largest absolute Gasteiger partial charge is 0.271 e. The second-order valence-corrected chi connectivity index (χ2v) is 4.98. The summed E-state index contributed by atoms with van der Waals surface area (Å²) in [6.07, 6.45) is 0. The molecule has 4 heteroatoms. The monoisotopic (exact) mass is 308 g/mol. The molecule has 1 atom stereocenters. The first kappa shape index (κ1) is 13.2. The fourth-order valence-corrected chi connectivity index (χ4v) is 2.21. The second-order valence-electron chi connectivity index (χ2n) is 4.13. The molecule has 18 heavy (non-hydrogen) atoms. The molecule has 3 N–H and O–H groups in total. The van der Waals surface area contributed by atoms with E-state index >= 15 is 0 Å². The summed E-state index contributed by atoms with van der Waals surface area (Å²) in [6, 6.07) is 12.7. The first-order valence-corrected chi connectivity index (χ1v) is 6.39. The molecule has 2 aromatic carbocycles. The lowest BCUT2D eigenvalue weighted by molar-refractivity contribution is 0.599. The minimum absolute atomic E-state index is 0.214. The molecule has 0 amide bonds. The van der Waals surface area contributed by atoms with E-state index in [2.05, 4.69) is 21.4 Å². The summed E-state index contributed by atoms with van der Waals surface area (Å²) < 4.78 is 14.0. The van der Waals surface area contributed by atoms with Crippen molar-refractivity contribution in [3.8, 4) is 0 Å². The van der Waals surface area contributed by atoms with Gasteiger partial charge in [-0.2, -0.15) is 0 Å². The Morgan fingerprint density at radius 1 is 1.22 bits per heavy atom. The van der Waals surface area contributed by atoms with Crippen LogP contribution in [0.15, 0.2) is 46.9 Å². The standard InChI is InChI=1S/C14H14BrFN2/c1-9-4-2-3-5-11(9)14(18-17)10-6-7-12(15)13(16)8-10/h2-8,14,18H,17H2,1H3. The smallest absolute Gasteiger partial charge is 0.137 e. The highest BCUT2D eigenvalue weighted by Crippen LogP contribution is 2.26. The van der Waals surface area contributed by atoms with Crippen LogP contribution in [0.25, 0.3) is 0 Å². The number of halogens is 2. The van der Waals surface area contributed by atoms with E-state index in [1.165, 1.54) is 6.07 Å². The molecule has 2 aromatic rings. The van der Waals surface area contributed by atoms with Crippen LogP contribution in [0.1, 0.15) is 22.7 Å². The van der Waals surface area contributed by atoms with E-state index in [1.54, 1.807) is 6.07 Å². The Labute approximate surface area is 114 Å². The molecule has 0 aliphatic heterocycles. The fraction of sp³-hybridized carbons (Fsp3) is 0.143.